The van der Waals surface area contributed by atoms with E-state index < -0.39 is 8.72 Å². The Bertz CT molecular complexity index is 391. The zero-order valence-corrected chi connectivity index (χ0v) is 11.8. The van der Waals surface area contributed by atoms with Crippen molar-refractivity contribution < 1.29 is 8.85 Å². The third kappa shape index (κ3) is 2.13. The molecule has 0 aromatic heterocycles. The van der Waals surface area contributed by atoms with Gasteiger partial charge in [0, 0.05) is 31.4 Å². The fourth-order valence-corrected chi connectivity index (χ4v) is 5.74. The summed E-state index contributed by atoms with van der Waals surface area (Å²) >= 11 is 0. The fraction of sp³-hybridized carbons (Fsp3) is 0.538. The lowest BCUT2D eigenvalue weighted by molar-refractivity contribution is 0.0480. The third-order valence-electron chi connectivity index (χ3n) is 3.80. The van der Waals surface area contributed by atoms with Crippen LogP contribution in [0.15, 0.2) is 30.3 Å². The Balaban J connectivity index is 1.98. The van der Waals surface area contributed by atoms with Crippen molar-refractivity contribution in [1.29, 1.82) is 0 Å². The highest BCUT2D eigenvalue weighted by Gasteiger charge is 2.47. The second kappa shape index (κ2) is 5.11. The lowest BCUT2D eigenvalue weighted by Crippen LogP contribution is -2.69. The van der Waals surface area contributed by atoms with Crippen molar-refractivity contribution in [2.45, 2.75) is 0 Å². The van der Waals surface area contributed by atoms with Crippen LogP contribution < -0.4 is 5.19 Å². The van der Waals surface area contributed by atoms with Gasteiger partial charge in [-0.25, -0.2) is 0 Å². The summed E-state index contributed by atoms with van der Waals surface area (Å²) in [6.07, 6.45) is 0. The first-order valence-corrected chi connectivity index (χ1v) is 8.35. The Morgan fingerprint density at radius 3 is 2.28 bits per heavy atom. The third-order valence-corrected chi connectivity index (χ3v) is 7.29. The minimum Gasteiger partial charge on any atom is -0.378 e. The van der Waals surface area contributed by atoms with Gasteiger partial charge < -0.3 is 8.85 Å². The molecule has 2 bridgehead atoms. The number of fused-ring (bicyclic) bond motifs is 6. The molecular formula is C13H20N2O2Si. The summed E-state index contributed by atoms with van der Waals surface area (Å²) < 4.78 is 14.8. The lowest BCUT2D eigenvalue weighted by atomic mass is 10.4. The van der Waals surface area contributed by atoms with Gasteiger partial charge in [-0.05, 0) is 7.05 Å². The van der Waals surface area contributed by atoms with Gasteiger partial charge in [-0.15, -0.1) is 0 Å². The fourth-order valence-electron chi connectivity index (χ4n) is 2.70. The molecule has 98 valence electrons. The van der Waals surface area contributed by atoms with Crippen LogP contribution in [0.2, 0.25) is 0 Å². The maximum atomic E-state index is 6.24. The van der Waals surface area contributed by atoms with Crippen LogP contribution in [-0.4, -0.2) is 64.6 Å². The molecule has 18 heavy (non-hydrogen) atoms. The van der Waals surface area contributed by atoms with E-state index in [1.165, 1.54) is 5.19 Å². The molecule has 3 fully saturated rings. The summed E-state index contributed by atoms with van der Waals surface area (Å²) in [7, 11) is -0.267. The minimum atomic E-state index is -2.40. The van der Waals surface area contributed by atoms with Gasteiger partial charge in [0.05, 0.1) is 13.2 Å². The number of likely N-dealkylation sites (N-methyl/N-ethyl adjacent to an activating group) is 1. The van der Waals surface area contributed by atoms with E-state index in [1.807, 2.05) is 6.07 Å². The topological polar surface area (TPSA) is 24.9 Å². The first-order valence-electron chi connectivity index (χ1n) is 6.58. The van der Waals surface area contributed by atoms with E-state index >= 15 is 0 Å². The average molecular weight is 264 g/mol. The SMILES string of the molecule is CN1CCN2CCO[Si]1(c1ccccc1)OCC2. The van der Waals surface area contributed by atoms with Crippen LogP contribution in [0.1, 0.15) is 0 Å². The molecule has 0 spiro atoms. The smallest absolute Gasteiger partial charge is 0.378 e. The maximum absolute atomic E-state index is 6.24. The molecule has 1 aromatic carbocycles. The maximum Gasteiger partial charge on any atom is 0.463 e. The van der Waals surface area contributed by atoms with Crippen LogP contribution in [0.4, 0.5) is 0 Å². The Kier molecular flexibility index (Phi) is 3.49. The minimum absolute atomic E-state index is 0.769. The zero-order chi connectivity index (χ0) is 12.4. The summed E-state index contributed by atoms with van der Waals surface area (Å²) in [4.78, 5) is 2.42. The van der Waals surface area contributed by atoms with E-state index in [-0.39, 0.29) is 0 Å². The van der Waals surface area contributed by atoms with Crippen molar-refractivity contribution in [2.24, 2.45) is 0 Å². The highest BCUT2D eigenvalue weighted by molar-refractivity contribution is 6.78. The summed E-state index contributed by atoms with van der Waals surface area (Å²) in [5, 5.41) is 1.22. The van der Waals surface area contributed by atoms with Gasteiger partial charge in [0.1, 0.15) is 0 Å². The van der Waals surface area contributed by atoms with Gasteiger partial charge in [-0.1, -0.05) is 30.3 Å². The largest absolute Gasteiger partial charge is 0.463 e. The normalized spacial score (nSPS) is 33.7. The van der Waals surface area contributed by atoms with Crippen molar-refractivity contribution in [3.05, 3.63) is 30.3 Å². The molecule has 0 saturated carbocycles. The van der Waals surface area contributed by atoms with Crippen LogP contribution in [0.5, 0.6) is 0 Å². The van der Waals surface area contributed by atoms with Crippen molar-refractivity contribution >= 4 is 13.9 Å². The summed E-state index contributed by atoms with van der Waals surface area (Å²) in [5.41, 5.74) is 0. The van der Waals surface area contributed by atoms with Gasteiger partial charge in [0.15, 0.2) is 0 Å². The van der Waals surface area contributed by atoms with E-state index in [0.717, 1.165) is 39.4 Å². The number of benzene rings is 1. The highest BCUT2D eigenvalue weighted by atomic mass is 28.4. The molecule has 0 amide bonds. The molecule has 3 aliphatic rings. The Hall–Kier alpha value is -0.723. The van der Waals surface area contributed by atoms with Crippen LogP contribution >= 0.6 is 0 Å². The highest BCUT2D eigenvalue weighted by Crippen LogP contribution is 2.17. The van der Waals surface area contributed by atoms with Crippen LogP contribution in [0, 0.1) is 0 Å². The van der Waals surface area contributed by atoms with Crippen molar-refractivity contribution in [3.63, 3.8) is 0 Å². The predicted octanol–water partition coefficient (Wildman–Crippen LogP) is 0.127. The molecule has 4 nitrogen and oxygen atoms in total. The quantitative estimate of drug-likeness (QED) is 0.673. The van der Waals surface area contributed by atoms with Crippen LogP contribution in [0.25, 0.3) is 0 Å². The van der Waals surface area contributed by atoms with Gasteiger partial charge in [-0.3, -0.25) is 9.47 Å². The summed E-state index contributed by atoms with van der Waals surface area (Å²) in [5.74, 6) is 0. The van der Waals surface area contributed by atoms with E-state index in [9.17, 15) is 0 Å². The predicted molar refractivity (Wildman–Crippen MR) is 72.8 cm³/mol. The molecule has 0 N–H and O–H groups in total. The number of nitrogens with zero attached hydrogens (tertiary/aromatic N) is 2. The number of hydrogen-bond donors (Lipinski definition) is 0. The summed E-state index contributed by atoms with van der Waals surface area (Å²) in [6.45, 7) is 5.72. The lowest BCUT2D eigenvalue weighted by Gasteiger charge is -2.44. The van der Waals surface area contributed by atoms with E-state index in [1.54, 1.807) is 0 Å². The zero-order valence-electron chi connectivity index (χ0n) is 10.8. The number of hydrogen-bond acceptors (Lipinski definition) is 4. The molecule has 0 atom stereocenters. The summed E-state index contributed by atoms with van der Waals surface area (Å²) in [6, 6.07) is 10.5. The molecule has 5 heteroatoms. The van der Waals surface area contributed by atoms with Gasteiger partial charge >= 0.3 is 8.72 Å². The van der Waals surface area contributed by atoms with Crippen molar-refractivity contribution in [2.75, 3.05) is 46.4 Å². The molecule has 3 saturated heterocycles. The molecular weight excluding hydrogens is 244 g/mol. The monoisotopic (exact) mass is 264 g/mol. The van der Waals surface area contributed by atoms with E-state index in [2.05, 4.69) is 40.8 Å². The number of rotatable bonds is 1. The average Bonchev–Trinajstić information content (AvgIpc) is 2.36. The van der Waals surface area contributed by atoms with E-state index in [0.29, 0.717) is 0 Å². The van der Waals surface area contributed by atoms with Crippen LogP contribution in [0.3, 0.4) is 0 Å². The standard InChI is InChI=1S/C13H20N2O2Si/c1-14-7-8-15-9-11-16-18(14,17-12-10-15)13-5-3-2-4-6-13/h2-6H,7-12H2,1H3. The molecule has 1 aromatic rings. The molecule has 0 unspecified atom stereocenters. The molecule has 0 aliphatic carbocycles. The Morgan fingerprint density at radius 1 is 0.944 bits per heavy atom. The van der Waals surface area contributed by atoms with Crippen molar-refractivity contribution in [3.8, 4) is 0 Å². The van der Waals surface area contributed by atoms with Gasteiger partial charge in [0.2, 0.25) is 0 Å². The first kappa shape index (κ1) is 12.3. The van der Waals surface area contributed by atoms with Crippen LogP contribution in [-0.2, 0) is 8.85 Å². The Morgan fingerprint density at radius 2 is 1.61 bits per heavy atom. The molecule has 3 aliphatic heterocycles. The first-order chi connectivity index (χ1) is 8.81. The second-order valence-electron chi connectivity index (χ2n) is 4.91. The van der Waals surface area contributed by atoms with E-state index in [4.69, 9.17) is 8.85 Å². The van der Waals surface area contributed by atoms with Gasteiger partial charge in [0.25, 0.3) is 0 Å². The molecule has 3 heterocycles. The molecule has 0 radical (unpaired) electrons. The van der Waals surface area contributed by atoms with Gasteiger partial charge in [-0.2, -0.15) is 0 Å². The van der Waals surface area contributed by atoms with Crippen molar-refractivity contribution in [1.82, 2.24) is 9.47 Å². The Labute approximate surface area is 109 Å². The molecule has 4 rings (SSSR count). The second-order valence-corrected chi connectivity index (χ2v) is 7.99.